The molecule has 22 heavy (non-hydrogen) atoms. The molecular weight excluding hydrogens is 285 g/mol. The summed E-state index contributed by atoms with van der Waals surface area (Å²) in [5.74, 6) is -0.217. The fourth-order valence-corrected chi connectivity index (χ4v) is 1.76. The first-order valence-corrected chi connectivity index (χ1v) is 6.69. The number of hydrogen-bond acceptors (Lipinski definition) is 4. The second-order valence-corrected chi connectivity index (χ2v) is 4.61. The first-order valence-electron chi connectivity index (χ1n) is 6.69. The predicted octanol–water partition coefficient (Wildman–Crippen LogP) is 3.29. The zero-order chi connectivity index (χ0) is 15.9. The molecule has 0 bridgehead atoms. The van der Waals surface area contributed by atoms with Crippen LogP contribution in [0.2, 0.25) is 0 Å². The van der Waals surface area contributed by atoms with E-state index in [0.717, 1.165) is 11.3 Å². The van der Waals surface area contributed by atoms with Gasteiger partial charge in [-0.25, -0.2) is 14.2 Å². The van der Waals surface area contributed by atoms with Gasteiger partial charge in [0.25, 0.3) is 0 Å². The van der Waals surface area contributed by atoms with Crippen molar-refractivity contribution in [3.63, 3.8) is 0 Å². The van der Waals surface area contributed by atoms with E-state index in [2.05, 4.69) is 9.72 Å². The van der Waals surface area contributed by atoms with E-state index in [1.165, 1.54) is 25.3 Å². The van der Waals surface area contributed by atoms with Crippen molar-refractivity contribution in [2.75, 3.05) is 7.11 Å². The third-order valence-electron chi connectivity index (χ3n) is 2.91. The number of benzene rings is 1. The van der Waals surface area contributed by atoms with Crippen LogP contribution in [-0.2, 0) is 16.1 Å². The Morgan fingerprint density at radius 3 is 2.64 bits per heavy atom. The first-order chi connectivity index (χ1) is 10.6. The van der Waals surface area contributed by atoms with Gasteiger partial charge < -0.3 is 9.47 Å². The lowest BCUT2D eigenvalue weighted by atomic mass is 10.2. The molecule has 114 valence electrons. The van der Waals surface area contributed by atoms with Gasteiger partial charge in [-0.05, 0) is 42.8 Å². The Morgan fingerprint density at radius 2 is 1.95 bits per heavy atom. The minimum atomic E-state index is -0.465. The molecule has 1 aromatic carbocycles. The maximum absolute atomic E-state index is 12.9. The average molecular weight is 301 g/mol. The van der Waals surface area contributed by atoms with Crippen LogP contribution in [0.4, 0.5) is 4.39 Å². The minimum Gasteiger partial charge on any atom is -0.487 e. The van der Waals surface area contributed by atoms with E-state index in [0.29, 0.717) is 11.4 Å². The third-order valence-corrected chi connectivity index (χ3v) is 2.91. The molecule has 0 saturated carbocycles. The summed E-state index contributed by atoms with van der Waals surface area (Å²) in [6.07, 6.45) is 2.82. The molecule has 0 unspecified atom stereocenters. The van der Waals surface area contributed by atoms with Gasteiger partial charge in [-0.1, -0.05) is 12.1 Å². The van der Waals surface area contributed by atoms with E-state index in [1.807, 2.05) is 13.0 Å². The summed E-state index contributed by atoms with van der Waals surface area (Å²) < 4.78 is 23.1. The van der Waals surface area contributed by atoms with E-state index in [1.54, 1.807) is 24.3 Å². The molecule has 0 radical (unpaired) electrons. The molecule has 0 saturated heterocycles. The quantitative estimate of drug-likeness (QED) is 0.628. The lowest BCUT2D eigenvalue weighted by Gasteiger charge is -2.09. The molecule has 0 spiro atoms. The molecular formula is C17H16FNO3. The molecule has 2 rings (SSSR count). The summed E-state index contributed by atoms with van der Waals surface area (Å²) in [4.78, 5) is 15.5. The standard InChI is InChI=1S/C17H16FNO3/c1-12-3-9-16(15(19-12)8-10-17(20)21-2)22-11-13-4-6-14(18)7-5-13/h3-10H,11H2,1-2H3/b10-8+. The maximum Gasteiger partial charge on any atom is 0.330 e. The summed E-state index contributed by atoms with van der Waals surface area (Å²) in [6.45, 7) is 2.13. The number of nitrogens with zero attached hydrogens (tertiary/aromatic N) is 1. The molecule has 1 aromatic heterocycles. The Morgan fingerprint density at radius 1 is 1.23 bits per heavy atom. The second-order valence-electron chi connectivity index (χ2n) is 4.61. The van der Waals surface area contributed by atoms with Crippen LogP contribution in [0.15, 0.2) is 42.5 Å². The third kappa shape index (κ3) is 4.41. The summed E-state index contributed by atoms with van der Waals surface area (Å²) >= 11 is 0. The smallest absolute Gasteiger partial charge is 0.330 e. The van der Waals surface area contributed by atoms with Gasteiger partial charge in [-0.3, -0.25) is 0 Å². The van der Waals surface area contributed by atoms with Gasteiger partial charge in [-0.15, -0.1) is 0 Å². The highest BCUT2D eigenvalue weighted by Crippen LogP contribution is 2.20. The van der Waals surface area contributed by atoms with Gasteiger partial charge in [0.05, 0.1) is 7.11 Å². The van der Waals surface area contributed by atoms with Crippen molar-refractivity contribution in [1.29, 1.82) is 0 Å². The van der Waals surface area contributed by atoms with Crippen molar-refractivity contribution in [3.8, 4) is 5.75 Å². The molecule has 2 aromatic rings. The minimum absolute atomic E-state index is 0.282. The number of hydrogen-bond donors (Lipinski definition) is 0. The molecule has 0 fully saturated rings. The van der Waals surface area contributed by atoms with Crippen molar-refractivity contribution in [2.24, 2.45) is 0 Å². The van der Waals surface area contributed by atoms with E-state index in [4.69, 9.17) is 4.74 Å². The number of carbonyl (C=O) groups excluding carboxylic acids is 1. The lowest BCUT2D eigenvalue weighted by Crippen LogP contribution is -2.00. The second kappa shape index (κ2) is 7.36. The van der Waals surface area contributed by atoms with Gasteiger partial charge in [-0.2, -0.15) is 0 Å². The Kier molecular flexibility index (Phi) is 5.25. The average Bonchev–Trinajstić information content (AvgIpc) is 2.53. The summed E-state index contributed by atoms with van der Waals surface area (Å²) in [5, 5.41) is 0. The Bertz CT molecular complexity index is 681. The number of aromatic nitrogens is 1. The van der Waals surface area contributed by atoms with Crippen LogP contribution >= 0.6 is 0 Å². The zero-order valence-corrected chi connectivity index (χ0v) is 12.4. The van der Waals surface area contributed by atoms with Gasteiger partial charge in [0.1, 0.15) is 23.9 Å². The largest absolute Gasteiger partial charge is 0.487 e. The van der Waals surface area contributed by atoms with Gasteiger partial charge >= 0.3 is 5.97 Å². The summed E-state index contributed by atoms with van der Waals surface area (Å²) in [7, 11) is 1.31. The number of aryl methyl sites for hydroxylation is 1. The Hall–Kier alpha value is -2.69. The van der Waals surface area contributed by atoms with Crippen LogP contribution in [0.25, 0.3) is 6.08 Å². The molecule has 0 aliphatic heterocycles. The Balaban J connectivity index is 2.14. The zero-order valence-electron chi connectivity index (χ0n) is 12.4. The normalized spacial score (nSPS) is 10.7. The number of methoxy groups -OCH3 is 1. The SMILES string of the molecule is COC(=O)/C=C/c1nc(C)ccc1OCc1ccc(F)cc1. The Labute approximate surface area is 128 Å². The predicted molar refractivity (Wildman–Crippen MR) is 80.8 cm³/mol. The molecule has 5 heteroatoms. The molecule has 0 atom stereocenters. The van der Waals surface area contributed by atoms with Crippen molar-refractivity contribution in [2.45, 2.75) is 13.5 Å². The highest BCUT2D eigenvalue weighted by molar-refractivity contribution is 5.87. The van der Waals surface area contributed by atoms with Gasteiger partial charge in [0.2, 0.25) is 0 Å². The van der Waals surface area contributed by atoms with Crippen LogP contribution in [-0.4, -0.2) is 18.1 Å². The fourth-order valence-electron chi connectivity index (χ4n) is 1.76. The van der Waals surface area contributed by atoms with Crippen LogP contribution in [0.5, 0.6) is 5.75 Å². The number of carbonyl (C=O) groups is 1. The number of pyridine rings is 1. The van der Waals surface area contributed by atoms with E-state index in [-0.39, 0.29) is 12.4 Å². The van der Waals surface area contributed by atoms with Crippen LogP contribution in [0.1, 0.15) is 17.0 Å². The number of halogens is 1. The van der Waals surface area contributed by atoms with Gasteiger partial charge in [0, 0.05) is 11.8 Å². The van der Waals surface area contributed by atoms with E-state index in [9.17, 15) is 9.18 Å². The number of rotatable bonds is 5. The van der Waals surface area contributed by atoms with E-state index >= 15 is 0 Å². The topological polar surface area (TPSA) is 48.4 Å². The number of ether oxygens (including phenoxy) is 2. The molecule has 1 heterocycles. The van der Waals surface area contributed by atoms with Crippen LogP contribution in [0, 0.1) is 12.7 Å². The lowest BCUT2D eigenvalue weighted by molar-refractivity contribution is -0.134. The molecule has 0 aliphatic rings. The van der Waals surface area contributed by atoms with Crippen molar-refractivity contribution < 1.29 is 18.7 Å². The van der Waals surface area contributed by atoms with Crippen molar-refractivity contribution in [1.82, 2.24) is 4.98 Å². The van der Waals surface area contributed by atoms with Crippen molar-refractivity contribution in [3.05, 3.63) is 65.2 Å². The van der Waals surface area contributed by atoms with Crippen LogP contribution in [0.3, 0.4) is 0 Å². The van der Waals surface area contributed by atoms with Gasteiger partial charge in [0.15, 0.2) is 0 Å². The number of esters is 1. The fraction of sp³-hybridized carbons (Fsp3) is 0.176. The molecule has 0 N–H and O–H groups in total. The molecule has 0 aliphatic carbocycles. The van der Waals surface area contributed by atoms with Crippen molar-refractivity contribution >= 4 is 12.0 Å². The molecule has 4 nitrogen and oxygen atoms in total. The monoisotopic (exact) mass is 301 g/mol. The highest BCUT2D eigenvalue weighted by Gasteiger charge is 2.05. The summed E-state index contributed by atoms with van der Waals surface area (Å²) in [5.41, 5.74) is 2.18. The highest BCUT2D eigenvalue weighted by atomic mass is 19.1. The molecule has 0 amide bonds. The summed E-state index contributed by atoms with van der Waals surface area (Å²) in [6, 6.07) is 9.66. The van der Waals surface area contributed by atoms with Crippen LogP contribution < -0.4 is 4.74 Å². The van der Waals surface area contributed by atoms with E-state index < -0.39 is 5.97 Å². The first kappa shape index (κ1) is 15.7. The maximum atomic E-state index is 12.9.